The third-order valence-corrected chi connectivity index (χ3v) is 3.98. The van der Waals surface area contributed by atoms with E-state index in [0.717, 1.165) is 6.42 Å². The van der Waals surface area contributed by atoms with Crippen LogP contribution >= 0.6 is 0 Å². The van der Waals surface area contributed by atoms with Crippen molar-refractivity contribution < 1.29 is 9.59 Å². The molecule has 0 aliphatic carbocycles. The third kappa shape index (κ3) is 8.96. The van der Waals surface area contributed by atoms with Crippen molar-refractivity contribution >= 4 is 11.6 Å². The van der Waals surface area contributed by atoms with Gasteiger partial charge < -0.3 is 0 Å². The fraction of sp³-hybridized carbons (Fsp3) is 0.882. The number of carbonyl (C=O) groups is 2. The largest absolute Gasteiger partial charge is 0.299 e. The van der Waals surface area contributed by atoms with Crippen LogP contribution in [0.15, 0.2) is 0 Å². The molecule has 0 amide bonds. The molecule has 0 spiro atoms. The van der Waals surface area contributed by atoms with E-state index in [0.29, 0.717) is 5.92 Å². The monoisotopic (exact) mass is 268 g/mol. The number of Topliss-reactive ketones (excluding diaryl/α,β-unsaturated/α-hetero) is 2. The van der Waals surface area contributed by atoms with Gasteiger partial charge in [-0.2, -0.15) is 0 Å². The van der Waals surface area contributed by atoms with Gasteiger partial charge in [0.15, 0.2) is 0 Å². The Morgan fingerprint density at radius 2 is 1.32 bits per heavy atom. The maximum atomic E-state index is 11.6. The van der Waals surface area contributed by atoms with Gasteiger partial charge in [0, 0.05) is 0 Å². The molecule has 19 heavy (non-hydrogen) atoms. The summed E-state index contributed by atoms with van der Waals surface area (Å²) in [6, 6.07) is 0. The molecule has 0 heterocycles. The van der Waals surface area contributed by atoms with Crippen LogP contribution in [-0.4, -0.2) is 11.6 Å². The van der Waals surface area contributed by atoms with Gasteiger partial charge in [-0.15, -0.1) is 0 Å². The van der Waals surface area contributed by atoms with E-state index in [2.05, 4.69) is 13.8 Å². The zero-order valence-electron chi connectivity index (χ0n) is 13.3. The molecule has 112 valence electrons. The van der Waals surface area contributed by atoms with Crippen molar-refractivity contribution in [1.29, 1.82) is 0 Å². The topological polar surface area (TPSA) is 34.1 Å². The highest BCUT2D eigenvalue weighted by Gasteiger charge is 2.23. The lowest BCUT2D eigenvalue weighted by atomic mass is 9.83. The van der Waals surface area contributed by atoms with Gasteiger partial charge >= 0.3 is 0 Å². The number of ketones is 2. The van der Waals surface area contributed by atoms with E-state index in [-0.39, 0.29) is 17.5 Å². The zero-order valence-corrected chi connectivity index (χ0v) is 13.3. The standard InChI is InChI=1S/C17H32O2/c1-5-7-9-10-12-16(11-8-6-2)13-17(14(3)18)15(4)19/h16-17H,5-13H2,1-4H3. The summed E-state index contributed by atoms with van der Waals surface area (Å²) in [6.45, 7) is 7.53. The summed E-state index contributed by atoms with van der Waals surface area (Å²) in [4.78, 5) is 23.1. The molecule has 0 aliphatic heterocycles. The lowest BCUT2D eigenvalue weighted by molar-refractivity contribution is -0.131. The van der Waals surface area contributed by atoms with E-state index in [1.54, 1.807) is 13.8 Å². The Bertz CT molecular complexity index is 244. The smallest absolute Gasteiger partial charge is 0.140 e. The lowest BCUT2D eigenvalue weighted by Crippen LogP contribution is -2.23. The van der Waals surface area contributed by atoms with Crippen LogP contribution in [0.1, 0.15) is 85.5 Å². The van der Waals surface area contributed by atoms with Gasteiger partial charge in [-0.25, -0.2) is 0 Å². The second-order valence-electron chi connectivity index (χ2n) is 5.87. The molecule has 0 N–H and O–H groups in total. The first-order valence-electron chi connectivity index (χ1n) is 8.03. The van der Waals surface area contributed by atoms with Crippen LogP contribution < -0.4 is 0 Å². The molecule has 0 saturated carbocycles. The highest BCUT2D eigenvalue weighted by molar-refractivity contribution is 6.00. The minimum atomic E-state index is -0.354. The molecule has 0 saturated heterocycles. The highest BCUT2D eigenvalue weighted by atomic mass is 16.1. The van der Waals surface area contributed by atoms with Gasteiger partial charge in [-0.1, -0.05) is 65.2 Å². The first kappa shape index (κ1) is 18.3. The number of unbranched alkanes of at least 4 members (excludes halogenated alkanes) is 4. The van der Waals surface area contributed by atoms with Crippen molar-refractivity contribution in [2.75, 3.05) is 0 Å². The molecule has 1 unspecified atom stereocenters. The number of hydrogen-bond donors (Lipinski definition) is 0. The average molecular weight is 268 g/mol. The Kier molecular flexibility index (Phi) is 10.8. The Morgan fingerprint density at radius 1 is 0.789 bits per heavy atom. The normalized spacial score (nSPS) is 12.7. The Labute approximate surface area is 119 Å². The van der Waals surface area contributed by atoms with E-state index in [9.17, 15) is 9.59 Å². The first-order chi connectivity index (χ1) is 9.02. The Morgan fingerprint density at radius 3 is 1.79 bits per heavy atom. The molecule has 0 fully saturated rings. The molecule has 0 aliphatic rings. The van der Waals surface area contributed by atoms with Crippen molar-refractivity contribution in [2.24, 2.45) is 11.8 Å². The lowest BCUT2D eigenvalue weighted by Gasteiger charge is -2.20. The van der Waals surface area contributed by atoms with E-state index < -0.39 is 0 Å². The fourth-order valence-corrected chi connectivity index (χ4v) is 2.68. The summed E-state index contributed by atoms with van der Waals surface area (Å²) in [7, 11) is 0. The van der Waals surface area contributed by atoms with Gasteiger partial charge in [0.1, 0.15) is 11.6 Å². The van der Waals surface area contributed by atoms with Crippen LogP contribution in [0.3, 0.4) is 0 Å². The molecule has 1 atom stereocenters. The van der Waals surface area contributed by atoms with Crippen molar-refractivity contribution in [3.63, 3.8) is 0 Å². The van der Waals surface area contributed by atoms with Crippen molar-refractivity contribution in [3.05, 3.63) is 0 Å². The summed E-state index contributed by atoms with van der Waals surface area (Å²) < 4.78 is 0. The summed E-state index contributed by atoms with van der Waals surface area (Å²) >= 11 is 0. The van der Waals surface area contributed by atoms with Gasteiger partial charge in [-0.05, 0) is 26.2 Å². The molecule has 0 aromatic carbocycles. The van der Waals surface area contributed by atoms with Gasteiger partial charge in [0.2, 0.25) is 0 Å². The van der Waals surface area contributed by atoms with E-state index in [1.807, 2.05) is 0 Å². The molecule has 0 aromatic rings. The predicted octanol–water partition coefficient (Wildman–Crippen LogP) is 4.95. The fourth-order valence-electron chi connectivity index (χ4n) is 2.68. The van der Waals surface area contributed by atoms with Crippen molar-refractivity contribution in [2.45, 2.75) is 85.5 Å². The van der Waals surface area contributed by atoms with E-state index in [4.69, 9.17) is 0 Å². The minimum Gasteiger partial charge on any atom is -0.299 e. The van der Waals surface area contributed by atoms with Crippen LogP contribution in [-0.2, 0) is 9.59 Å². The van der Waals surface area contributed by atoms with Crippen LogP contribution in [0.2, 0.25) is 0 Å². The molecule has 0 radical (unpaired) electrons. The summed E-state index contributed by atoms with van der Waals surface area (Å²) in [6.07, 6.45) is 10.6. The molecule has 0 aromatic heterocycles. The SMILES string of the molecule is CCCCCCC(CCCC)CC(C(C)=O)C(C)=O. The Balaban J connectivity index is 4.30. The first-order valence-corrected chi connectivity index (χ1v) is 8.03. The molecule has 2 heteroatoms. The third-order valence-electron chi connectivity index (χ3n) is 3.98. The van der Waals surface area contributed by atoms with Gasteiger partial charge in [-0.3, -0.25) is 9.59 Å². The average Bonchev–Trinajstić information content (AvgIpc) is 2.35. The Hall–Kier alpha value is -0.660. The molecule has 2 nitrogen and oxygen atoms in total. The summed E-state index contributed by atoms with van der Waals surface area (Å²) in [5.41, 5.74) is 0. The maximum Gasteiger partial charge on any atom is 0.140 e. The van der Waals surface area contributed by atoms with Crippen molar-refractivity contribution in [1.82, 2.24) is 0 Å². The minimum absolute atomic E-state index is 0.0440. The summed E-state index contributed by atoms with van der Waals surface area (Å²) in [5.74, 6) is 0.285. The van der Waals surface area contributed by atoms with E-state index >= 15 is 0 Å². The maximum absolute atomic E-state index is 11.6. The zero-order chi connectivity index (χ0) is 14.7. The summed E-state index contributed by atoms with van der Waals surface area (Å²) in [5, 5.41) is 0. The molecular formula is C17H32O2. The van der Waals surface area contributed by atoms with Crippen molar-refractivity contribution in [3.8, 4) is 0 Å². The van der Waals surface area contributed by atoms with Gasteiger partial charge in [0.25, 0.3) is 0 Å². The second kappa shape index (κ2) is 11.2. The molecule has 0 bridgehead atoms. The van der Waals surface area contributed by atoms with Crippen LogP contribution in [0, 0.1) is 11.8 Å². The molecular weight excluding hydrogens is 236 g/mol. The number of hydrogen-bond acceptors (Lipinski definition) is 2. The quantitative estimate of drug-likeness (QED) is 0.371. The van der Waals surface area contributed by atoms with Crippen LogP contribution in [0.4, 0.5) is 0 Å². The highest BCUT2D eigenvalue weighted by Crippen LogP contribution is 2.25. The number of carbonyl (C=O) groups excluding carboxylic acids is 2. The number of rotatable bonds is 12. The second-order valence-corrected chi connectivity index (χ2v) is 5.87. The van der Waals surface area contributed by atoms with Crippen LogP contribution in [0.5, 0.6) is 0 Å². The van der Waals surface area contributed by atoms with E-state index in [1.165, 1.54) is 51.4 Å². The predicted molar refractivity (Wildman–Crippen MR) is 81.2 cm³/mol. The van der Waals surface area contributed by atoms with Crippen LogP contribution in [0.25, 0.3) is 0 Å². The van der Waals surface area contributed by atoms with Gasteiger partial charge in [0.05, 0.1) is 5.92 Å². The molecule has 0 rings (SSSR count).